The summed E-state index contributed by atoms with van der Waals surface area (Å²) in [4.78, 5) is 0. The summed E-state index contributed by atoms with van der Waals surface area (Å²) in [6.45, 7) is -1.89. The molecule has 3 rings (SSSR count). The third-order valence-corrected chi connectivity index (χ3v) is 8.81. The molecule has 1 aliphatic rings. The lowest BCUT2D eigenvalue weighted by Gasteiger charge is -2.30. The maximum absolute atomic E-state index is 14.9. The van der Waals surface area contributed by atoms with Gasteiger partial charge in [-0.05, 0) is 36.0 Å². The quantitative estimate of drug-likeness (QED) is 0.494. The summed E-state index contributed by atoms with van der Waals surface area (Å²) in [5.74, 6) is -1.54. The number of sulfonamides is 2. The molecule has 1 heterocycles. The Bertz CT molecular complexity index is 1200. The fourth-order valence-electron chi connectivity index (χ4n) is 3.99. The summed E-state index contributed by atoms with van der Waals surface area (Å²) < 4.78 is 105. The van der Waals surface area contributed by atoms with Gasteiger partial charge in [-0.1, -0.05) is 42.5 Å². The average molecular weight is 523 g/mol. The summed E-state index contributed by atoms with van der Waals surface area (Å²) in [7, 11) is -7.70. The smallest absolute Gasteiger partial charge is 0.213 e. The van der Waals surface area contributed by atoms with Crippen LogP contribution in [0.1, 0.15) is 35.4 Å². The zero-order valence-electron chi connectivity index (χ0n) is 18.5. The van der Waals surface area contributed by atoms with E-state index in [0.29, 0.717) is 37.1 Å². The van der Waals surface area contributed by atoms with E-state index in [4.69, 9.17) is 0 Å². The molecule has 0 aliphatic carbocycles. The van der Waals surface area contributed by atoms with E-state index >= 15 is 0 Å². The zero-order chi connectivity index (χ0) is 25.1. The van der Waals surface area contributed by atoms with Crippen LogP contribution in [-0.2, 0) is 32.3 Å². The molecule has 188 valence electrons. The molecule has 2 aromatic rings. The molecular formula is C22H26F4N2O4S2. The summed E-state index contributed by atoms with van der Waals surface area (Å²) in [6, 6.07) is 11.9. The number of alkyl halides is 3. The SMILES string of the molecule is CS(=O)(=O)N1CCC(c2ccc(CN(CC(F)(F)F)S(=O)(=O)Cc3ccccc3)c(F)c2)CC1. The molecular weight excluding hydrogens is 496 g/mol. The topological polar surface area (TPSA) is 74.8 Å². The number of rotatable bonds is 8. The van der Waals surface area contributed by atoms with E-state index in [1.165, 1.54) is 28.6 Å². The van der Waals surface area contributed by atoms with Crippen molar-refractivity contribution in [3.05, 3.63) is 71.0 Å². The van der Waals surface area contributed by atoms with Crippen LogP contribution in [0.2, 0.25) is 0 Å². The maximum Gasteiger partial charge on any atom is 0.402 e. The summed E-state index contributed by atoms with van der Waals surface area (Å²) in [6.07, 6.45) is -2.71. The van der Waals surface area contributed by atoms with Crippen LogP contribution in [0.15, 0.2) is 48.5 Å². The lowest BCUT2D eigenvalue weighted by molar-refractivity contribution is -0.137. The van der Waals surface area contributed by atoms with Crippen LogP contribution in [0.3, 0.4) is 0 Å². The van der Waals surface area contributed by atoms with Gasteiger partial charge in [0.1, 0.15) is 12.4 Å². The van der Waals surface area contributed by atoms with E-state index in [1.807, 2.05) is 0 Å². The van der Waals surface area contributed by atoms with Crippen molar-refractivity contribution in [1.82, 2.24) is 8.61 Å². The summed E-state index contributed by atoms with van der Waals surface area (Å²) >= 11 is 0. The first-order valence-corrected chi connectivity index (χ1v) is 14.0. The van der Waals surface area contributed by atoms with E-state index in [-0.39, 0.29) is 15.8 Å². The number of benzene rings is 2. The molecule has 1 aliphatic heterocycles. The van der Waals surface area contributed by atoms with Crippen molar-refractivity contribution in [2.45, 2.75) is 37.2 Å². The van der Waals surface area contributed by atoms with Gasteiger partial charge in [0, 0.05) is 25.2 Å². The summed E-state index contributed by atoms with van der Waals surface area (Å²) in [5.41, 5.74) is 0.757. The molecule has 1 fully saturated rings. The highest BCUT2D eigenvalue weighted by Gasteiger charge is 2.37. The Morgan fingerprint density at radius 1 is 1.00 bits per heavy atom. The highest BCUT2D eigenvalue weighted by Crippen LogP contribution is 2.31. The van der Waals surface area contributed by atoms with Crippen LogP contribution < -0.4 is 0 Å². The van der Waals surface area contributed by atoms with E-state index in [0.717, 1.165) is 6.26 Å². The average Bonchev–Trinajstić information content (AvgIpc) is 2.73. The van der Waals surface area contributed by atoms with Gasteiger partial charge in [-0.25, -0.2) is 25.5 Å². The first-order chi connectivity index (χ1) is 15.7. The first kappa shape index (κ1) is 26.6. The minimum Gasteiger partial charge on any atom is -0.213 e. The molecule has 12 heteroatoms. The lowest BCUT2D eigenvalue weighted by Crippen LogP contribution is -2.39. The van der Waals surface area contributed by atoms with Gasteiger partial charge < -0.3 is 0 Å². The number of hydrogen-bond acceptors (Lipinski definition) is 4. The van der Waals surface area contributed by atoms with Crippen molar-refractivity contribution in [2.75, 3.05) is 25.9 Å². The molecule has 0 spiro atoms. The standard InChI is InChI=1S/C22H26F4N2O4S2/c1-33(29,30)27-11-9-18(10-12-27)19-7-8-20(21(23)13-19)14-28(16-22(24,25)26)34(31,32)15-17-5-3-2-4-6-17/h2-8,13,18H,9-12,14-16H2,1H3. The van der Waals surface area contributed by atoms with Crippen LogP contribution in [-0.4, -0.2) is 57.5 Å². The van der Waals surface area contributed by atoms with Gasteiger partial charge in [0.2, 0.25) is 20.0 Å². The van der Waals surface area contributed by atoms with Crippen LogP contribution in [0.25, 0.3) is 0 Å². The van der Waals surface area contributed by atoms with E-state index < -0.39 is 50.9 Å². The predicted molar refractivity (Wildman–Crippen MR) is 120 cm³/mol. The van der Waals surface area contributed by atoms with E-state index in [2.05, 4.69) is 0 Å². The molecule has 0 unspecified atom stereocenters. The number of piperidine rings is 1. The van der Waals surface area contributed by atoms with Gasteiger partial charge in [-0.3, -0.25) is 0 Å². The minimum atomic E-state index is -4.80. The second-order valence-corrected chi connectivity index (χ2v) is 12.4. The van der Waals surface area contributed by atoms with Crippen molar-refractivity contribution in [2.24, 2.45) is 0 Å². The third-order valence-electron chi connectivity index (χ3n) is 5.76. The monoisotopic (exact) mass is 522 g/mol. The van der Waals surface area contributed by atoms with Crippen molar-refractivity contribution in [3.63, 3.8) is 0 Å². The normalized spacial score (nSPS) is 16.8. The Morgan fingerprint density at radius 2 is 1.62 bits per heavy atom. The second-order valence-electron chi connectivity index (χ2n) is 8.41. The molecule has 0 aromatic heterocycles. The van der Waals surface area contributed by atoms with Crippen molar-refractivity contribution in [3.8, 4) is 0 Å². The third kappa shape index (κ3) is 7.24. The molecule has 2 aromatic carbocycles. The number of nitrogens with zero attached hydrogens (tertiary/aromatic N) is 2. The molecule has 0 amide bonds. The molecule has 6 nitrogen and oxygen atoms in total. The molecule has 0 radical (unpaired) electrons. The molecule has 0 bridgehead atoms. The van der Waals surface area contributed by atoms with Gasteiger partial charge in [0.05, 0.1) is 12.0 Å². The van der Waals surface area contributed by atoms with Crippen LogP contribution in [0.5, 0.6) is 0 Å². The van der Waals surface area contributed by atoms with Crippen LogP contribution in [0.4, 0.5) is 17.6 Å². The Hall–Kier alpha value is -2.02. The fraction of sp³-hybridized carbons (Fsp3) is 0.455. The Labute approximate surface area is 197 Å². The van der Waals surface area contributed by atoms with Crippen LogP contribution >= 0.6 is 0 Å². The van der Waals surface area contributed by atoms with Gasteiger partial charge in [0.25, 0.3) is 0 Å². The molecule has 34 heavy (non-hydrogen) atoms. The highest BCUT2D eigenvalue weighted by atomic mass is 32.2. The number of hydrogen-bond donors (Lipinski definition) is 0. The minimum absolute atomic E-state index is 0.102. The lowest BCUT2D eigenvalue weighted by atomic mass is 9.89. The fourth-order valence-corrected chi connectivity index (χ4v) is 6.33. The Morgan fingerprint density at radius 3 is 2.15 bits per heavy atom. The van der Waals surface area contributed by atoms with Crippen molar-refractivity contribution < 1.29 is 34.4 Å². The number of halogens is 4. The largest absolute Gasteiger partial charge is 0.402 e. The maximum atomic E-state index is 14.9. The van der Waals surface area contributed by atoms with E-state index in [1.54, 1.807) is 24.3 Å². The van der Waals surface area contributed by atoms with E-state index in [9.17, 15) is 34.4 Å². The molecule has 0 saturated carbocycles. The van der Waals surface area contributed by atoms with Gasteiger partial charge >= 0.3 is 6.18 Å². The molecule has 0 N–H and O–H groups in total. The molecule has 1 saturated heterocycles. The highest BCUT2D eigenvalue weighted by molar-refractivity contribution is 7.88. The Kier molecular flexibility index (Phi) is 8.06. The van der Waals surface area contributed by atoms with Crippen LogP contribution in [0, 0.1) is 5.82 Å². The molecule has 0 atom stereocenters. The first-order valence-electron chi connectivity index (χ1n) is 10.6. The van der Waals surface area contributed by atoms with Gasteiger partial charge in [-0.15, -0.1) is 0 Å². The van der Waals surface area contributed by atoms with Gasteiger partial charge in [0.15, 0.2) is 0 Å². The second kappa shape index (κ2) is 10.3. The van der Waals surface area contributed by atoms with Gasteiger partial charge in [-0.2, -0.15) is 17.5 Å². The van der Waals surface area contributed by atoms with Crippen molar-refractivity contribution >= 4 is 20.0 Å². The predicted octanol–water partition coefficient (Wildman–Crippen LogP) is 3.86. The Balaban J connectivity index is 1.78. The van der Waals surface area contributed by atoms with Crippen molar-refractivity contribution in [1.29, 1.82) is 0 Å². The summed E-state index contributed by atoms with van der Waals surface area (Å²) in [5, 5.41) is 0. The zero-order valence-corrected chi connectivity index (χ0v) is 20.1.